The minimum Gasteiger partial charge on any atom is -0.499 e. The molecular weight excluding hydrogens is 296 g/mol. The predicted octanol–water partition coefficient (Wildman–Crippen LogP) is 4.02. The molecular formula is C18H22O5. The van der Waals surface area contributed by atoms with Crippen molar-refractivity contribution in [2.45, 2.75) is 39.7 Å². The second kappa shape index (κ2) is 7.72. The van der Waals surface area contributed by atoms with E-state index in [1.807, 2.05) is 19.9 Å². The summed E-state index contributed by atoms with van der Waals surface area (Å²) in [6.07, 6.45) is 5.68. The van der Waals surface area contributed by atoms with Gasteiger partial charge in [-0.05, 0) is 38.8 Å². The fraction of sp³-hybridized carbons (Fsp3) is 0.389. The maximum Gasteiger partial charge on any atom is 0.382 e. The van der Waals surface area contributed by atoms with Crippen LogP contribution in [0.1, 0.15) is 33.6 Å². The molecule has 0 aliphatic heterocycles. The van der Waals surface area contributed by atoms with Crippen molar-refractivity contribution in [2.75, 3.05) is 6.61 Å². The standard InChI is InChI=1S/C18H22O5/c1-4-5-6-7-11-21-14-10-8-9-13-16(14)23-18(20)15(19)17(13)22-12(2)3/h5-6,8-10,12,19H,4,7,11H2,1-3H3. The third-order valence-corrected chi connectivity index (χ3v) is 3.12. The van der Waals surface area contributed by atoms with Crippen LogP contribution in [0.25, 0.3) is 11.0 Å². The van der Waals surface area contributed by atoms with Crippen LogP contribution in [0.5, 0.6) is 17.2 Å². The average molecular weight is 318 g/mol. The SMILES string of the molecule is CCC=CCCOc1cccc2c(OC(C)C)c(O)c(=O)oc12. The lowest BCUT2D eigenvalue weighted by atomic mass is 10.2. The number of para-hydroxylation sites is 1. The Labute approximate surface area is 135 Å². The molecule has 0 aliphatic carbocycles. The van der Waals surface area contributed by atoms with Gasteiger partial charge in [-0.25, -0.2) is 4.79 Å². The summed E-state index contributed by atoms with van der Waals surface area (Å²) in [6, 6.07) is 5.22. The van der Waals surface area contributed by atoms with Gasteiger partial charge in [-0.2, -0.15) is 0 Å². The fourth-order valence-electron chi connectivity index (χ4n) is 2.15. The normalized spacial score (nSPS) is 11.5. The van der Waals surface area contributed by atoms with E-state index in [0.717, 1.165) is 12.8 Å². The van der Waals surface area contributed by atoms with Crippen LogP contribution in [0.3, 0.4) is 0 Å². The van der Waals surface area contributed by atoms with Gasteiger partial charge in [-0.15, -0.1) is 0 Å². The first-order chi connectivity index (χ1) is 11.0. The minimum absolute atomic E-state index is 0.127. The molecule has 1 aromatic carbocycles. The summed E-state index contributed by atoms with van der Waals surface area (Å²) < 4.78 is 16.5. The van der Waals surface area contributed by atoms with Crippen LogP contribution in [0, 0.1) is 0 Å². The van der Waals surface area contributed by atoms with Gasteiger partial charge in [0.1, 0.15) is 0 Å². The Morgan fingerprint density at radius 3 is 2.78 bits per heavy atom. The van der Waals surface area contributed by atoms with Crippen molar-refractivity contribution in [3.8, 4) is 17.2 Å². The van der Waals surface area contributed by atoms with Crippen molar-refractivity contribution in [3.05, 3.63) is 40.8 Å². The zero-order chi connectivity index (χ0) is 16.8. The lowest BCUT2D eigenvalue weighted by Crippen LogP contribution is -2.10. The van der Waals surface area contributed by atoms with E-state index < -0.39 is 11.4 Å². The van der Waals surface area contributed by atoms with Crippen LogP contribution in [0.4, 0.5) is 0 Å². The number of benzene rings is 1. The summed E-state index contributed by atoms with van der Waals surface area (Å²) in [5, 5.41) is 10.4. The summed E-state index contributed by atoms with van der Waals surface area (Å²) >= 11 is 0. The van der Waals surface area contributed by atoms with Crippen LogP contribution < -0.4 is 15.1 Å². The van der Waals surface area contributed by atoms with Gasteiger partial charge in [-0.3, -0.25) is 0 Å². The molecule has 1 heterocycles. The van der Waals surface area contributed by atoms with Crippen molar-refractivity contribution in [3.63, 3.8) is 0 Å². The third-order valence-electron chi connectivity index (χ3n) is 3.12. The van der Waals surface area contributed by atoms with E-state index in [4.69, 9.17) is 13.9 Å². The van der Waals surface area contributed by atoms with Gasteiger partial charge in [0.05, 0.1) is 18.1 Å². The predicted molar refractivity (Wildman–Crippen MR) is 89.5 cm³/mol. The number of rotatable bonds is 7. The van der Waals surface area contributed by atoms with Gasteiger partial charge in [0.15, 0.2) is 17.1 Å². The lowest BCUT2D eigenvalue weighted by molar-refractivity contribution is 0.231. The van der Waals surface area contributed by atoms with Crippen LogP contribution >= 0.6 is 0 Å². The van der Waals surface area contributed by atoms with E-state index in [-0.39, 0.29) is 17.4 Å². The van der Waals surface area contributed by atoms with Crippen molar-refractivity contribution >= 4 is 11.0 Å². The molecule has 0 fully saturated rings. The van der Waals surface area contributed by atoms with Gasteiger partial charge >= 0.3 is 5.63 Å². The zero-order valence-corrected chi connectivity index (χ0v) is 13.7. The molecule has 124 valence electrons. The highest BCUT2D eigenvalue weighted by Crippen LogP contribution is 2.36. The summed E-state index contributed by atoms with van der Waals surface area (Å²) in [5.74, 6) is 0.0647. The van der Waals surface area contributed by atoms with Gasteiger partial charge in [-0.1, -0.05) is 25.1 Å². The molecule has 1 aromatic heterocycles. The Bertz CT molecular complexity index is 743. The van der Waals surface area contributed by atoms with E-state index in [9.17, 15) is 9.90 Å². The summed E-state index contributed by atoms with van der Waals surface area (Å²) in [5.41, 5.74) is -0.555. The van der Waals surface area contributed by atoms with Crippen LogP contribution in [-0.2, 0) is 0 Å². The number of hydrogen-bond acceptors (Lipinski definition) is 5. The molecule has 2 aromatic rings. The molecule has 0 saturated carbocycles. The van der Waals surface area contributed by atoms with Crippen molar-refractivity contribution in [1.29, 1.82) is 0 Å². The molecule has 0 radical (unpaired) electrons. The zero-order valence-electron chi connectivity index (χ0n) is 13.7. The molecule has 0 atom stereocenters. The van der Waals surface area contributed by atoms with Gasteiger partial charge < -0.3 is 19.0 Å². The molecule has 23 heavy (non-hydrogen) atoms. The van der Waals surface area contributed by atoms with E-state index >= 15 is 0 Å². The van der Waals surface area contributed by atoms with E-state index in [1.54, 1.807) is 18.2 Å². The second-order valence-corrected chi connectivity index (χ2v) is 5.38. The van der Waals surface area contributed by atoms with E-state index in [1.165, 1.54) is 0 Å². The summed E-state index contributed by atoms with van der Waals surface area (Å²) in [7, 11) is 0. The molecule has 0 amide bonds. The van der Waals surface area contributed by atoms with Gasteiger partial charge in [0.25, 0.3) is 0 Å². The Morgan fingerprint density at radius 1 is 1.30 bits per heavy atom. The number of ether oxygens (including phenoxy) is 2. The average Bonchev–Trinajstić information content (AvgIpc) is 2.51. The monoisotopic (exact) mass is 318 g/mol. The smallest absolute Gasteiger partial charge is 0.382 e. The maximum absolute atomic E-state index is 11.8. The molecule has 5 heteroatoms. The fourth-order valence-corrected chi connectivity index (χ4v) is 2.15. The lowest BCUT2D eigenvalue weighted by Gasteiger charge is -2.14. The van der Waals surface area contributed by atoms with Crippen LogP contribution in [-0.4, -0.2) is 17.8 Å². The molecule has 2 rings (SSSR count). The van der Waals surface area contributed by atoms with Crippen molar-refractivity contribution < 1.29 is 19.0 Å². The Morgan fingerprint density at radius 2 is 2.09 bits per heavy atom. The van der Waals surface area contributed by atoms with Gasteiger partial charge in [0, 0.05) is 0 Å². The van der Waals surface area contributed by atoms with Crippen LogP contribution in [0.15, 0.2) is 39.6 Å². The quantitative estimate of drug-likeness (QED) is 0.474. The highest BCUT2D eigenvalue weighted by atomic mass is 16.5. The molecule has 0 saturated heterocycles. The maximum atomic E-state index is 11.8. The molecule has 0 unspecified atom stereocenters. The minimum atomic E-state index is -0.838. The number of aromatic hydroxyl groups is 1. The van der Waals surface area contributed by atoms with E-state index in [2.05, 4.69) is 13.0 Å². The van der Waals surface area contributed by atoms with Crippen LogP contribution in [0.2, 0.25) is 0 Å². The molecule has 0 spiro atoms. The Kier molecular flexibility index (Phi) is 5.68. The third kappa shape index (κ3) is 4.06. The Balaban J connectivity index is 2.38. The van der Waals surface area contributed by atoms with Gasteiger partial charge in [0.2, 0.25) is 5.75 Å². The summed E-state index contributed by atoms with van der Waals surface area (Å²) in [6.45, 7) is 6.18. The molecule has 5 nitrogen and oxygen atoms in total. The number of hydrogen-bond donors (Lipinski definition) is 1. The molecule has 0 bridgehead atoms. The highest BCUT2D eigenvalue weighted by Gasteiger charge is 2.18. The van der Waals surface area contributed by atoms with Crippen molar-refractivity contribution in [1.82, 2.24) is 0 Å². The highest BCUT2D eigenvalue weighted by molar-refractivity contribution is 5.89. The summed E-state index contributed by atoms with van der Waals surface area (Å²) in [4.78, 5) is 11.8. The van der Waals surface area contributed by atoms with Crippen molar-refractivity contribution in [2.24, 2.45) is 0 Å². The first-order valence-electron chi connectivity index (χ1n) is 7.77. The second-order valence-electron chi connectivity index (χ2n) is 5.38. The number of allylic oxidation sites excluding steroid dienone is 1. The molecule has 1 N–H and O–H groups in total. The number of fused-ring (bicyclic) bond motifs is 1. The first kappa shape index (κ1) is 16.9. The van der Waals surface area contributed by atoms with E-state index in [0.29, 0.717) is 17.7 Å². The Hall–Kier alpha value is -2.43. The topological polar surface area (TPSA) is 68.9 Å². The first-order valence-corrected chi connectivity index (χ1v) is 7.77. The largest absolute Gasteiger partial charge is 0.499 e. The molecule has 0 aliphatic rings.